The number of carbonyl (C=O) groups is 1. The van der Waals surface area contributed by atoms with E-state index in [1.54, 1.807) is 12.1 Å². The van der Waals surface area contributed by atoms with Crippen LogP contribution in [0.2, 0.25) is 0 Å². The Labute approximate surface area is 142 Å². The van der Waals surface area contributed by atoms with E-state index in [0.717, 1.165) is 11.3 Å². The molecule has 5 N–H and O–H groups in total. The Morgan fingerprint density at radius 3 is 2.79 bits per heavy atom. The van der Waals surface area contributed by atoms with Crippen LogP contribution in [0.15, 0.2) is 23.3 Å². The average Bonchev–Trinajstić information content (AvgIpc) is 2.52. The van der Waals surface area contributed by atoms with E-state index in [2.05, 4.69) is 15.8 Å². The maximum absolute atomic E-state index is 11.2. The second kappa shape index (κ2) is 7.63. The summed E-state index contributed by atoms with van der Waals surface area (Å²) < 4.78 is 5.66. The molecule has 24 heavy (non-hydrogen) atoms. The number of benzene rings is 1. The molecule has 0 bridgehead atoms. The lowest BCUT2D eigenvalue weighted by Crippen LogP contribution is -2.42. The summed E-state index contributed by atoms with van der Waals surface area (Å²) in [6.07, 6.45) is 0.350. The first-order valence-electron chi connectivity index (χ1n) is 8.06. The van der Waals surface area contributed by atoms with Crippen LogP contribution >= 0.6 is 0 Å². The second-order valence-electron chi connectivity index (χ2n) is 6.94. The number of rotatable bonds is 6. The molecule has 2 rings (SSSR count). The van der Waals surface area contributed by atoms with Gasteiger partial charge in [0.05, 0.1) is 11.4 Å². The highest BCUT2D eigenvalue weighted by molar-refractivity contribution is 6.04. The molecule has 0 saturated heterocycles. The normalized spacial score (nSPS) is 16.3. The molecule has 0 saturated carbocycles. The predicted octanol–water partition coefficient (Wildman–Crippen LogP) is 1.01. The van der Waals surface area contributed by atoms with Crippen LogP contribution in [0, 0.1) is 0 Å². The SMILES string of the molecule is CC(C)(C)NCC(O)COc1cc(C2=NNC(=O)CC2)ccc1N. The van der Waals surface area contributed by atoms with E-state index in [-0.39, 0.29) is 18.1 Å². The van der Waals surface area contributed by atoms with Gasteiger partial charge < -0.3 is 20.9 Å². The molecule has 1 atom stereocenters. The van der Waals surface area contributed by atoms with Crippen molar-refractivity contribution in [3.63, 3.8) is 0 Å². The van der Waals surface area contributed by atoms with E-state index < -0.39 is 6.10 Å². The third kappa shape index (κ3) is 5.50. The Kier molecular flexibility index (Phi) is 5.80. The van der Waals surface area contributed by atoms with Gasteiger partial charge in [0.1, 0.15) is 18.5 Å². The Balaban J connectivity index is 1.97. The maximum Gasteiger partial charge on any atom is 0.240 e. The molecule has 0 fully saturated rings. The number of ether oxygens (including phenoxy) is 1. The summed E-state index contributed by atoms with van der Waals surface area (Å²) in [7, 11) is 0. The molecule has 1 heterocycles. The van der Waals surface area contributed by atoms with Crippen molar-refractivity contribution >= 4 is 17.3 Å². The Bertz CT molecular complexity index is 623. The maximum atomic E-state index is 11.2. The Morgan fingerprint density at radius 1 is 1.42 bits per heavy atom. The van der Waals surface area contributed by atoms with Crippen LogP contribution in [-0.2, 0) is 4.79 Å². The molecule has 132 valence electrons. The predicted molar refractivity (Wildman–Crippen MR) is 94.0 cm³/mol. The minimum atomic E-state index is -0.640. The van der Waals surface area contributed by atoms with Crippen LogP contribution in [0.25, 0.3) is 0 Å². The summed E-state index contributed by atoms with van der Waals surface area (Å²) in [6, 6.07) is 5.37. The first kappa shape index (κ1) is 18.2. The summed E-state index contributed by atoms with van der Waals surface area (Å²) >= 11 is 0. The molecular formula is C17H26N4O3. The first-order chi connectivity index (χ1) is 11.2. The minimum absolute atomic E-state index is 0.0660. The van der Waals surface area contributed by atoms with E-state index in [9.17, 15) is 9.90 Å². The van der Waals surface area contributed by atoms with Crippen LogP contribution in [0.3, 0.4) is 0 Å². The van der Waals surface area contributed by atoms with Crippen molar-refractivity contribution in [3.05, 3.63) is 23.8 Å². The van der Waals surface area contributed by atoms with Crippen LogP contribution < -0.4 is 21.2 Å². The smallest absolute Gasteiger partial charge is 0.240 e. The number of aliphatic hydroxyl groups is 1. The third-order valence-corrected chi connectivity index (χ3v) is 3.55. The van der Waals surface area contributed by atoms with E-state index in [1.807, 2.05) is 26.8 Å². The minimum Gasteiger partial charge on any atom is -0.489 e. The van der Waals surface area contributed by atoms with Crippen LogP contribution in [0.5, 0.6) is 5.75 Å². The van der Waals surface area contributed by atoms with Gasteiger partial charge in [0.2, 0.25) is 5.91 Å². The quantitative estimate of drug-likeness (QED) is 0.581. The van der Waals surface area contributed by atoms with E-state index in [1.165, 1.54) is 0 Å². The lowest BCUT2D eigenvalue weighted by molar-refractivity contribution is -0.121. The van der Waals surface area contributed by atoms with Gasteiger partial charge in [0, 0.05) is 30.5 Å². The highest BCUT2D eigenvalue weighted by Gasteiger charge is 2.16. The van der Waals surface area contributed by atoms with Gasteiger partial charge in [-0.15, -0.1) is 0 Å². The first-order valence-corrected chi connectivity index (χ1v) is 8.06. The third-order valence-electron chi connectivity index (χ3n) is 3.55. The van der Waals surface area contributed by atoms with Gasteiger partial charge >= 0.3 is 0 Å². The van der Waals surface area contributed by atoms with Crippen LogP contribution in [0.4, 0.5) is 5.69 Å². The lowest BCUT2D eigenvalue weighted by Gasteiger charge is -2.23. The van der Waals surface area contributed by atoms with Gasteiger partial charge in [-0.3, -0.25) is 4.79 Å². The molecule has 1 aliphatic heterocycles. The van der Waals surface area contributed by atoms with Gasteiger partial charge in [0.15, 0.2) is 0 Å². The Hall–Kier alpha value is -2.12. The summed E-state index contributed by atoms with van der Waals surface area (Å²) in [5.41, 5.74) is 10.5. The van der Waals surface area contributed by atoms with Crippen molar-refractivity contribution in [1.29, 1.82) is 0 Å². The van der Waals surface area contributed by atoms with E-state index >= 15 is 0 Å². The number of nitrogen functional groups attached to an aromatic ring is 1. The number of nitrogens with one attached hydrogen (secondary N) is 2. The fourth-order valence-corrected chi connectivity index (χ4v) is 2.19. The monoisotopic (exact) mass is 334 g/mol. The molecular weight excluding hydrogens is 308 g/mol. The van der Waals surface area contributed by atoms with Crippen molar-refractivity contribution in [2.45, 2.75) is 45.3 Å². The van der Waals surface area contributed by atoms with Crippen molar-refractivity contribution in [2.24, 2.45) is 5.10 Å². The lowest BCUT2D eigenvalue weighted by atomic mass is 10.0. The van der Waals surface area contributed by atoms with Gasteiger partial charge in [-0.2, -0.15) is 5.10 Å². The molecule has 0 spiro atoms. The summed E-state index contributed by atoms with van der Waals surface area (Å²) in [5.74, 6) is 0.419. The molecule has 1 unspecified atom stereocenters. The van der Waals surface area contributed by atoms with Gasteiger partial charge in [-0.25, -0.2) is 5.43 Å². The highest BCUT2D eigenvalue weighted by Crippen LogP contribution is 2.24. The highest BCUT2D eigenvalue weighted by atomic mass is 16.5. The zero-order chi connectivity index (χ0) is 17.7. The number of hydrazone groups is 1. The molecule has 7 heteroatoms. The average molecular weight is 334 g/mol. The number of β-amino-alcohol motifs (C(OH)–C–C–N with tert-alkyl or cyclic N) is 1. The standard InChI is InChI=1S/C17H26N4O3/c1-17(2,3)19-9-12(22)10-24-15-8-11(4-5-13(15)18)14-6-7-16(23)21-20-14/h4-5,8,12,19,22H,6-7,9-10,18H2,1-3H3,(H,21,23). The molecule has 1 aromatic carbocycles. The number of aliphatic hydroxyl groups excluding tert-OH is 1. The molecule has 0 aliphatic carbocycles. The van der Waals surface area contributed by atoms with Crippen molar-refractivity contribution in [1.82, 2.24) is 10.7 Å². The molecule has 0 radical (unpaired) electrons. The zero-order valence-electron chi connectivity index (χ0n) is 14.4. The number of nitrogens with two attached hydrogens (primary N) is 1. The van der Waals surface area contributed by atoms with Gasteiger partial charge in [0.25, 0.3) is 0 Å². The van der Waals surface area contributed by atoms with Gasteiger partial charge in [-0.1, -0.05) is 6.07 Å². The number of carbonyl (C=O) groups excluding carboxylic acids is 1. The molecule has 1 amide bonds. The molecule has 7 nitrogen and oxygen atoms in total. The fraction of sp³-hybridized carbons (Fsp3) is 0.529. The summed E-state index contributed by atoms with van der Waals surface area (Å²) in [5, 5.41) is 17.3. The topological polar surface area (TPSA) is 109 Å². The van der Waals surface area contributed by atoms with E-state index in [0.29, 0.717) is 30.8 Å². The van der Waals surface area contributed by atoms with Crippen molar-refractivity contribution < 1.29 is 14.6 Å². The van der Waals surface area contributed by atoms with Crippen molar-refractivity contribution in [2.75, 3.05) is 18.9 Å². The molecule has 1 aromatic rings. The molecule has 1 aliphatic rings. The zero-order valence-corrected chi connectivity index (χ0v) is 14.4. The fourth-order valence-electron chi connectivity index (χ4n) is 2.19. The molecule has 0 aromatic heterocycles. The summed E-state index contributed by atoms with van der Waals surface area (Å²) in [6.45, 7) is 6.67. The number of nitrogens with zero attached hydrogens (tertiary/aromatic N) is 1. The number of hydrogen-bond acceptors (Lipinski definition) is 6. The van der Waals surface area contributed by atoms with E-state index in [4.69, 9.17) is 10.5 Å². The number of anilines is 1. The van der Waals surface area contributed by atoms with Crippen LogP contribution in [-0.4, -0.2) is 41.5 Å². The summed E-state index contributed by atoms with van der Waals surface area (Å²) in [4.78, 5) is 11.2. The van der Waals surface area contributed by atoms with Gasteiger partial charge in [-0.05, 0) is 32.9 Å². The number of hydrogen-bond donors (Lipinski definition) is 4. The van der Waals surface area contributed by atoms with Crippen molar-refractivity contribution in [3.8, 4) is 5.75 Å². The second-order valence-corrected chi connectivity index (χ2v) is 6.94. The number of amides is 1. The van der Waals surface area contributed by atoms with Crippen LogP contribution in [0.1, 0.15) is 39.2 Å². The Morgan fingerprint density at radius 2 is 2.17 bits per heavy atom. The largest absolute Gasteiger partial charge is 0.489 e.